The second-order valence-electron chi connectivity index (χ2n) is 7.67. The van der Waals surface area contributed by atoms with Gasteiger partial charge >= 0.3 is 5.97 Å². The first kappa shape index (κ1) is 18.2. The van der Waals surface area contributed by atoms with E-state index in [1.165, 1.54) is 11.6 Å². The first-order chi connectivity index (χ1) is 12.4. The van der Waals surface area contributed by atoms with E-state index >= 15 is 0 Å². The molecule has 1 atom stereocenters. The highest BCUT2D eigenvalue weighted by Gasteiger charge is 2.19. The fourth-order valence-electron chi connectivity index (χ4n) is 3.08. The summed E-state index contributed by atoms with van der Waals surface area (Å²) in [5.41, 5.74) is 3.78. The van der Waals surface area contributed by atoms with Crippen LogP contribution in [0.25, 0.3) is 6.08 Å². The number of fused-ring (bicyclic) bond motifs is 1. The maximum atomic E-state index is 11.8. The number of hydrogen-bond acceptors (Lipinski definition) is 4. The number of benzene rings is 1. The molecule has 1 unspecified atom stereocenters. The van der Waals surface area contributed by atoms with Crippen LogP contribution in [0, 0.1) is 0 Å². The summed E-state index contributed by atoms with van der Waals surface area (Å²) in [6, 6.07) is 14.9. The van der Waals surface area contributed by atoms with Gasteiger partial charge in [-0.2, -0.15) is 0 Å². The van der Waals surface area contributed by atoms with E-state index in [9.17, 15) is 4.79 Å². The molecular formula is C22H26N2O2. The highest BCUT2D eigenvalue weighted by molar-refractivity contribution is 5.87. The van der Waals surface area contributed by atoms with Gasteiger partial charge < -0.3 is 10.1 Å². The van der Waals surface area contributed by atoms with Crippen molar-refractivity contribution in [1.82, 2.24) is 4.98 Å². The van der Waals surface area contributed by atoms with Crippen molar-refractivity contribution in [3.63, 3.8) is 0 Å². The van der Waals surface area contributed by atoms with Crippen LogP contribution in [0.15, 0.2) is 48.5 Å². The van der Waals surface area contributed by atoms with Crippen LogP contribution in [0.1, 0.15) is 44.1 Å². The Morgan fingerprint density at radius 3 is 2.73 bits per heavy atom. The van der Waals surface area contributed by atoms with Gasteiger partial charge in [0.15, 0.2) is 0 Å². The summed E-state index contributed by atoms with van der Waals surface area (Å²) >= 11 is 0. The minimum absolute atomic E-state index is 0.349. The molecule has 0 saturated heterocycles. The summed E-state index contributed by atoms with van der Waals surface area (Å²) in [6.07, 6.45) is 6.15. The Labute approximate surface area is 155 Å². The molecule has 0 amide bonds. The van der Waals surface area contributed by atoms with Gasteiger partial charge in [-0.1, -0.05) is 30.3 Å². The monoisotopic (exact) mass is 350 g/mol. The fourth-order valence-corrected chi connectivity index (χ4v) is 3.08. The number of ether oxygens (including phenoxy) is 1. The largest absolute Gasteiger partial charge is 0.457 e. The third kappa shape index (κ3) is 5.19. The lowest BCUT2D eigenvalue weighted by Crippen LogP contribution is -2.28. The van der Waals surface area contributed by atoms with Crippen LogP contribution in [-0.2, 0) is 22.4 Å². The number of pyridine rings is 1. The lowest BCUT2D eigenvalue weighted by Gasteiger charge is -2.26. The van der Waals surface area contributed by atoms with Gasteiger partial charge in [0.1, 0.15) is 5.60 Å². The average Bonchev–Trinajstić information content (AvgIpc) is 2.59. The van der Waals surface area contributed by atoms with Crippen molar-refractivity contribution in [3.05, 3.63) is 65.5 Å². The first-order valence-corrected chi connectivity index (χ1v) is 9.10. The molecule has 2 aromatic rings. The Morgan fingerprint density at radius 2 is 2.00 bits per heavy atom. The van der Waals surface area contributed by atoms with Crippen LogP contribution in [0.3, 0.4) is 0 Å². The van der Waals surface area contributed by atoms with Gasteiger partial charge in [0, 0.05) is 12.1 Å². The zero-order valence-corrected chi connectivity index (χ0v) is 15.7. The molecule has 0 fully saturated rings. The second-order valence-corrected chi connectivity index (χ2v) is 7.67. The number of esters is 1. The predicted octanol–water partition coefficient (Wildman–Crippen LogP) is 4.41. The first-order valence-electron chi connectivity index (χ1n) is 9.10. The summed E-state index contributed by atoms with van der Waals surface area (Å²) in [6.45, 7) is 5.56. The van der Waals surface area contributed by atoms with Gasteiger partial charge in [-0.05, 0) is 63.8 Å². The van der Waals surface area contributed by atoms with E-state index in [0.29, 0.717) is 6.04 Å². The minimum Gasteiger partial charge on any atom is -0.457 e. The normalized spacial score (nSPS) is 16.8. The standard InChI is InChI=1S/C22H26N2O2/c1-22(2,3)26-21(25)14-11-17-9-12-20-19(23-17)13-10-18(24-20)15-16-7-5-4-6-8-16/h4-9,11-12,14,18,24H,10,13,15H2,1-3H3. The third-order valence-corrected chi connectivity index (χ3v) is 4.21. The molecule has 136 valence electrons. The van der Waals surface area contributed by atoms with Gasteiger partial charge in [-0.25, -0.2) is 4.79 Å². The van der Waals surface area contributed by atoms with E-state index in [4.69, 9.17) is 4.74 Å². The Kier molecular flexibility index (Phi) is 5.40. The number of nitrogens with one attached hydrogen (secondary N) is 1. The summed E-state index contributed by atoms with van der Waals surface area (Å²) in [5.74, 6) is -0.349. The molecule has 0 spiro atoms. The number of carbonyl (C=O) groups is 1. The Bertz CT molecular complexity index is 792. The summed E-state index contributed by atoms with van der Waals surface area (Å²) < 4.78 is 5.28. The molecule has 0 bridgehead atoms. The summed E-state index contributed by atoms with van der Waals surface area (Å²) in [7, 11) is 0. The molecule has 0 radical (unpaired) electrons. The molecule has 2 heterocycles. The van der Waals surface area contributed by atoms with Crippen molar-refractivity contribution in [1.29, 1.82) is 0 Å². The number of hydrogen-bond donors (Lipinski definition) is 1. The van der Waals surface area contributed by atoms with Gasteiger partial charge in [0.05, 0.1) is 17.1 Å². The van der Waals surface area contributed by atoms with Crippen LogP contribution in [-0.4, -0.2) is 22.6 Å². The summed E-state index contributed by atoms with van der Waals surface area (Å²) in [4.78, 5) is 16.5. The molecule has 4 nitrogen and oxygen atoms in total. The number of aromatic nitrogens is 1. The number of carbonyl (C=O) groups excluding carboxylic acids is 1. The molecule has 26 heavy (non-hydrogen) atoms. The lowest BCUT2D eigenvalue weighted by atomic mass is 9.96. The maximum Gasteiger partial charge on any atom is 0.331 e. The van der Waals surface area contributed by atoms with Crippen molar-refractivity contribution in [2.24, 2.45) is 0 Å². The molecule has 1 aliphatic heterocycles. The van der Waals surface area contributed by atoms with E-state index < -0.39 is 5.60 Å². The predicted molar refractivity (Wildman–Crippen MR) is 105 cm³/mol. The quantitative estimate of drug-likeness (QED) is 0.656. The van der Waals surface area contributed by atoms with Crippen LogP contribution in [0.4, 0.5) is 5.69 Å². The van der Waals surface area contributed by atoms with Crippen LogP contribution < -0.4 is 5.32 Å². The lowest BCUT2D eigenvalue weighted by molar-refractivity contribution is -0.148. The Morgan fingerprint density at radius 1 is 1.23 bits per heavy atom. The summed E-state index contributed by atoms with van der Waals surface area (Å²) in [5, 5.41) is 3.59. The second kappa shape index (κ2) is 7.73. The topological polar surface area (TPSA) is 51.2 Å². The van der Waals surface area contributed by atoms with Crippen LogP contribution >= 0.6 is 0 Å². The van der Waals surface area contributed by atoms with Crippen molar-refractivity contribution in [3.8, 4) is 0 Å². The van der Waals surface area contributed by atoms with E-state index in [-0.39, 0.29) is 5.97 Å². The van der Waals surface area contributed by atoms with E-state index in [1.54, 1.807) is 6.08 Å². The van der Waals surface area contributed by atoms with E-state index in [1.807, 2.05) is 39.0 Å². The molecule has 1 aromatic carbocycles. The molecule has 1 N–H and O–H groups in total. The zero-order chi connectivity index (χ0) is 18.6. The van der Waals surface area contributed by atoms with Gasteiger partial charge in [0.25, 0.3) is 0 Å². The maximum absolute atomic E-state index is 11.8. The van der Waals surface area contributed by atoms with E-state index in [0.717, 1.165) is 36.3 Å². The van der Waals surface area contributed by atoms with Gasteiger partial charge in [-0.3, -0.25) is 4.98 Å². The molecule has 1 aromatic heterocycles. The third-order valence-electron chi connectivity index (χ3n) is 4.21. The molecule has 3 rings (SSSR count). The highest BCUT2D eigenvalue weighted by atomic mass is 16.6. The molecule has 0 aliphatic carbocycles. The SMILES string of the molecule is CC(C)(C)OC(=O)C=Cc1ccc2c(n1)CCC(Cc1ccccc1)N2. The molecule has 1 aliphatic rings. The highest BCUT2D eigenvalue weighted by Crippen LogP contribution is 2.25. The van der Waals surface area contributed by atoms with Crippen LogP contribution in [0.2, 0.25) is 0 Å². The number of rotatable bonds is 4. The Balaban J connectivity index is 1.63. The van der Waals surface area contributed by atoms with Crippen molar-refractivity contribution < 1.29 is 9.53 Å². The van der Waals surface area contributed by atoms with Crippen molar-refractivity contribution in [2.45, 2.75) is 51.7 Å². The van der Waals surface area contributed by atoms with Crippen LogP contribution in [0.5, 0.6) is 0 Å². The van der Waals surface area contributed by atoms with Crippen molar-refractivity contribution >= 4 is 17.7 Å². The van der Waals surface area contributed by atoms with Crippen molar-refractivity contribution in [2.75, 3.05) is 5.32 Å². The van der Waals surface area contributed by atoms with Gasteiger partial charge in [-0.15, -0.1) is 0 Å². The van der Waals surface area contributed by atoms with Gasteiger partial charge in [0.2, 0.25) is 0 Å². The number of nitrogens with zero attached hydrogens (tertiary/aromatic N) is 1. The number of anilines is 1. The Hall–Kier alpha value is -2.62. The van der Waals surface area contributed by atoms with E-state index in [2.05, 4.69) is 34.6 Å². The number of aryl methyl sites for hydroxylation is 1. The average molecular weight is 350 g/mol. The molecule has 4 heteroatoms. The minimum atomic E-state index is -0.484. The fraction of sp³-hybridized carbons (Fsp3) is 0.364. The molecule has 0 saturated carbocycles. The molecular weight excluding hydrogens is 324 g/mol. The smallest absolute Gasteiger partial charge is 0.331 e. The zero-order valence-electron chi connectivity index (χ0n) is 15.7.